The van der Waals surface area contributed by atoms with Gasteiger partial charge in [0.2, 0.25) is 0 Å². The van der Waals surface area contributed by atoms with E-state index in [0.29, 0.717) is 0 Å². The Hall–Kier alpha value is -2.22. The van der Waals surface area contributed by atoms with Gasteiger partial charge in [0.15, 0.2) is 5.82 Å². The molecule has 5 rings (SSSR count). The highest BCUT2D eigenvalue weighted by atomic mass is 16.5. The van der Waals surface area contributed by atoms with Gasteiger partial charge in [-0.15, -0.1) is 0 Å². The van der Waals surface area contributed by atoms with E-state index in [1.54, 1.807) is 0 Å². The predicted octanol–water partition coefficient (Wildman–Crippen LogP) is 2.52. The number of piperazine rings is 1. The molecule has 2 aromatic rings. The molecule has 2 fully saturated rings. The Balaban J connectivity index is 1.25. The van der Waals surface area contributed by atoms with Crippen LogP contribution in [-0.4, -0.2) is 92.4 Å². The monoisotopic (exact) mass is 436 g/mol. The van der Waals surface area contributed by atoms with Crippen LogP contribution in [0.15, 0.2) is 24.3 Å². The number of morpholine rings is 1. The molecule has 7 heteroatoms. The van der Waals surface area contributed by atoms with Crippen molar-refractivity contribution in [1.29, 1.82) is 0 Å². The van der Waals surface area contributed by atoms with Crippen LogP contribution >= 0.6 is 0 Å². The Labute approximate surface area is 191 Å². The second-order valence-electron chi connectivity index (χ2n) is 9.25. The van der Waals surface area contributed by atoms with Gasteiger partial charge in [0.25, 0.3) is 0 Å². The highest BCUT2D eigenvalue weighted by Gasteiger charge is 2.20. The van der Waals surface area contributed by atoms with Crippen molar-refractivity contribution < 1.29 is 4.74 Å². The van der Waals surface area contributed by atoms with Gasteiger partial charge in [-0.3, -0.25) is 4.90 Å². The third kappa shape index (κ3) is 5.05. The molecule has 0 saturated carbocycles. The maximum atomic E-state index is 5.45. The van der Waals surface area contributed by atoms with Crippen molar-refractivity contribution in [1.82, 2.24) is 19.8 Å². The van der Waals surface area contributed by atoms with Crippen molar-refractivity contribution >= 4 is 11.5 Å². The third-order valence-corrected chi connectivity index (χ3v) is 6.97. The first-order valence-electron chi connectivity index (χ1n) is 12.2. The summed E-state index contributed by atoms with van der Waals surface area (Å²) in [5, 5.41) is 3.64. The molecule has 3 heterocycles. The molecule has 1 aliphatic carbocycles. The number of nitrogens with zero attached hydrogens (tertiary/aromatic N) is 5. The van der Waals surface area contributed by atoms with E-state index in [2.05, 4.69) is 51.3 Å². The Kier molecular flexibility index (Phi) is 6.86. The van der Waals surface area contributed by atoms with Crippen LogP contribution in [0.5, 0.6) is 0 Å². The smallest absolute Gasteiger partial charge is 0.161 e. The van der Waals surface area contributed by atoms with Crippen molar-refractivity contribution in [2.24, 2.45) is 0 Å². The normalized spacial score (nSPS) is 19.8. The van der Waals surface area contributed by atoms with Gasteiger partial charge in [-0.2, -0.15) is 0 Å². The zero-order valence-corrected chi connectivity index (χ0v) is 19.4. The first-order valence-corrected chi connectivity index (χ1v) is 12.2. The zero-order chi connectivity index (χ0) is 21.8. The van der Waals surface area contributed by atoms with Gasteiger partial charge in [0.05, 0.1) is 13.2 Å². The van der Waals surface area contributed by atoms with Crippen LogP contribution < -0.4 is 10.2 Å². The van der Waals surface area contributed by atoms with E-state index in [1.165, 1.54) is 23.4 Å². The van der Waals surface area contributed by atoms with Crippen LogP contribution in [0.3, 0.4) is 0 Å². The van der Waals surface area contributed by atoms with Gasteiger partial charge in [-0.25, -0.2) is 9.97 Å². The summed E-state index contributed by atoms with van der Waals surface area (Å²) >= 11 is 0. The minimum Gasteiger partial charge on any atom is -0.379 e. The number of likely N-dealkylation sites (N-methyl/N-ethyl adjacent to an activating group) is 1. The number of nitrogens with one attached hydrogen (secondary N) is 1. The summed E-state index contributed by atoms with van der Waals surface area (Å²) in [6.07, 6.45) is 4.45. The molecule has 0 atom stereocenters. The number of aryl methyl sites for hydroxylation is 1. The van der Waals surface area contributed by atoms with Crippen molar-refractivity contribution in [2.75, 3.05) is 82.8 Å². The topological polar surface area (TPSA) is 56.8 Å². The first kappa shape index (κ1) is 21.6. The van der Waals surface area contributed by atoms with E-state index >= 15 is 0 Å². The number of ether oxygens (including phenoxy) is 1. The highest BCUT2D eigenvalue weighted by Crippen LogP contribution is 2.30. The summed E-state index contributed by atoms with van der Waals surface area (Å²) in [5.74, 6) is 1.90. The van der Waals surface area contributed by atoms with Crippen LogP contribution in [-0.2, 0) is 17.6 Å². The van der Waals surface area contributed by atoms with Gasteiger partial charge >= 0.3 is 0 Å². The van der Waals surface area contributed by atoms with Crippen LogP contribution in [0.1, 0.15) is 24.1 Å². The van der Waals surface area contributed by atoms with E-state index in [4.69, 9.17) is 14.7 Å². The second-order valence-corrected chi connectivity index (χ2v) is 9.25. The molecule has 0 unspecified atom stereocenters. The Morgan fingerprint density at radius 2 is 1.72 bits per heavy atom. The zero-order valence-electron chi connectivity index (χ0n) is 19.4. The van der Waals surface area contributed by atoms with Gasteiger partial charge in [-0.1, -0.05) is 0 Å². The standard InChI is InChI=1S/C25H36N6O/c1-29-12-14-31(15-13-29)21-8-6-20(7-9-21)24-27-23-5-2-4-22(23)25(28-24)26-10-3-11-30-16-18-32-19-17-30/h6-9H,2-5,10-19H2,1H3,(H,26,27,28). The maximum absolute atomic E-state index is 5.45. The molecule has 1 aromatic heterocycles. The summed E-state index contributed by atoms with van der Waals surface area (Å²) in [5.41, 5.74) is 4.96. The highest BCUT2D eigenvalue weighted by molar-refractivity contribution is 5.64. The molecule has 2 saturated heterocycles. The van der Waals surface area contributed by atoms with Crippen LogP contribution in [0.4, 0.5) is 11.5 Å². The number of anilines is 2. The number of aromatic nitrogens is 2. The summed E-state index contributed by atoms with van der Waals surface area (Å²) in [7, 11) is 2.19. The molecule has 3 aliphatic rings. The molecule has 7 nitrogen and oxygen atoms in total. The molecule has 32 heavy (non-hydrogen) atoms. The van der Waals surface area contributed by atoms with E-state index < -0.39 is 0 Å². The summed E-state index contributed by atoms with van der Waals surface area (Å²) in [4.78, 5) is 17.3. The number of fused-ring (bicyclic) bond motifs is 1. The first-order chi connectivity index (χ1) is 15.8. The molecule has 0 bridgehead atoms. The SMILES string of the molecule is CN1CCN(c2ccc(-c3nc4c(c(NCCCN5CCOCC5)n3)CCC4)cc2)CC1. The lowest BCUT2D eigenvalue weighted by Gasteiger charge is -2.34. The number of hydrogen-bond donors (Lipinski definition) is 1. The Bertz CT molecular complexity index is 888. The molecule has 0 radical (unpaired) electrons. The summed E-state index contributed by atoms with van der Waals surface area (Å²) in [6.45, 7) is 10.3. The maximum Gasteiger partial charge on any atom is 0.161 e. The Morgan fingerprint density at radius 3 is 2.50 bits per heavy atom. The lowest BCUT2D eigenvalue weighted by atomic mass is 10.1. The van der Waals surface area contributed by atoms with Gasteiger partial charge in [-0.05, 0) is 63.5 Å². The largest absolute Gasteiger partial charge is 0.379 e. The Morgan fingerprint density at radius 1 is 0.938 bits per heavy atom. The average molecular weight is 437 g/mol. The quantitative estimate of drug-likeness (QED) is 0.670. The fourth-order valence-electron chi connectivity index (χ4n) is 4.93. The average Bonchev–Trinajstić information content (AvgIpc) is 3.32. The summed E-state index contributed by atoms with van der Waals surface area (Å²) < 4.78 is 5.45. The van der Waals surface area contributed by atoms with E-state index in [9.17, 15) is 0 Å². The lowest BCUT2D eigenvalue weighted by Crippen LogP contribution is -2.44. The van der Waals surface area contributed by atoms with Crippen molar-refractivity contribution in [3.05, 3.63) is 35.5 Å². The van der Waals surface area contributed by atoms with Crippen LogP contribution in [0.25, 0.3) is 11.4 Å². The fourth-order valence-corrected chi connectivity index (χ4v) is 4.93. The fraction of sp³-hybridized carbons (Fsp3) is 0.600. The lowest BCUT2D eigenvalue weighted by molar-refractivity contribution is 0.0378. The molecule has 0 spiro atoms. The summed E-state index contributed by atoms with van der Waals surface area (Å²) in [6, 6.07) is 8.83. The van der Waals surface area contributed by atoms with Crippen molar-refractivity contribution in [3.63, 3.8) is 0 Å². The van der Waals surface area contributed by atoms with E-state index in [-0.39, 0.29) is 0 Å². The molecule has 1 N–H and O–H groups in total. The second kappa shape index (κ2) is 10.1. The molecular formula is C25H36N6O. The van der Waals surface area contributed by atoms with Gasteiger partial charge in [0.1, 0.15) is 5.82 Å². The predicted molar refractivity (Wildman–Crippen MR) is 130 cm³/mol. The number of hydrogen-bond acceptors (Lipinski definition) is 7. The molecule has 1 aromatic carbocycles. The van der Waals surface area contributed by atoms with Crippen LogP contribution in [0.2, 0.25) is 0 Å². The van der Waals surface area contributed by atoms with E-state index in [0.717, 1.165) is 102 Å². The van der Waals surface area contributed by atoms with E-state index in [1.807, 2.05) is 0 Å². The molecule has 0 amide bonds. The number of rotatable bonds is 7. The number of benzene rings is 1. The van der Waals surface area contributed by atoms with Crippen LogP contribution in [0, 0.1) is 0 Å². The molecular weight excluding hydrogens is 400 g/mol. The third-order valence-electron chi connectivity index (χ3n) is 6.97. The van der Waals surface area contributed by atoms with Gasteiger partial charge in [0, 0.05) is 68.3 Å². The van der Waals surface area contributed by atoms with Crippen molar-refractivity contribution in [3.8, 4) is 11.4 Å². The van der Waals surface area contributed by atoms with Crippen molar-refractivity contribution in [2.45, 2.75) is 25.7 Å². The minimum atomic E-state index is 0.853. The minimum absolute atomic E-state index is 0.853. The molecule has 172 valence electrons. The van der Waals surface area contributed by atoms with Gasteiger partial charge < -0.3 is 19.9 Å². The molecule has 2 aliphatic heterocycles.